The lowest BCUT2D eigenvalue weighted by atomic mass is 9.98. The number of carbonyl (C=O) groups is 2. The second-order valence-corrected chi connectivity index (χ2v) is 9.47. The van der Waals surface area contributed by atoms with Crippen LogP contribution in [-0.2, 0) is 26.9 Å². The van der Waals surface area contributed by atoms with Crippen molar-refractivity contribution in [3.8, 4) is 0 Å². The number of benzene rings is 2. The molecule has 0 aliphatic carbocycles. The fraction of sp³-hybridized carbons (Fsp3) is 0.407. The number of piperidine rings is 1. The molecule has 0 radical (unpaired) electrons. The molecule has 2 aliphatic rings. The Morgan fingerprint density at radius 2 is 1.87 bits per heavy atom. The van der Waals surface area contributed by atoms with Crippen LogP contribution in [0.1, 0.15) is 35.1 Å². The van der Waals surface area contributed by atoms with Gasteiger partial charge in [0.15, 0.2) is 0 Å². The van der Waals surface area contributed by atoms with E-state index in [0.29, 0.717) is 31.9 Å². The van der Waals surface area contributed by atoms with Gasteiger partial charge in [0.1, 0.15) is 11.5 Å². The normalized spacial score (nSPS) is 17.0. The molecule has 2 aromatic carbocycles. The van der Waals surface area contributed by atoms with Crippen LogP contribution < -0.4 is 11.1 Å². The highest BCUT2D eigenvalue weighted by molar-refractivity contribution is 5.92. The van der Waals surface area contributed by atoms with Gasteiger partial charge in [-0.15, -0.1) is 0 Å². The Hall–Kier alpha value is -4.02. The van der Waals surface area contributed by atoms with Crippen molar-refractivity contribution in [2.75, 3.05) is 37.8 Å². The molecular weight excluding hydrogens is 517 g/mol. The number of alkyl halides is 3. The van der Waals surface area contributed by atoms with Gasteiger partial charge in [0, 0.05) is 44.2 Å². The number of halogens is 3. The van der Waals surface area contributed by atoms with E-state index in [2.05, 4.69) is 5.32 Å². The summed E-state index contributed by atoms with van der Waals surface area (Å²) in [6, 6.07) is 9.32. The molecule has 3 N–H and O–H groups in total. The Morgan fingerprint density at radius 3 is 2.51 bits per heavy atom. The lowest BCUT2D eigenvalue weighted by Crippen LogP contribution is -2.50. The van der Waals surface area contributed by atoms with E-state index >= 15 is 0 Å². The number of amides is 3. The lowest BCUT2D eigenvalue weighted by molar-refractivity contribution is -0.137. The van der Waals surface area contributed by atoms with Crippen molar-refractivity contribution in [3.63, 3.8) is 0 Å². The molecule has 1 fully saturated rings. The average molecular weight is 547 g/mol. The van der Waals surface area contributed by atoms with E-state index in [0.717, 1.165) is 18.4 Å². The Bertz CT molecular complexity index is 1300. The van der Waals surface area contributed by atoms with Crippen molar-refractivity contribution in [1.82, 2.24) is 9.80 Å². The predicted octanol–water partition coefficient (Wildman–Crippen LogP) is 4.47. The number of nitrogens with zero attached hydrogens (tertiary/aromatic N) is 2. The van der Waals surface area contributed by atoms with Gasteiger partial charge in [-0.3, -0.25) is 0 Å². The van der Waals surface area contributed by atoms with E-state index in [9.17, 15) is 27.6 Å². The van der Waals surface area contributed by atoms with Crippen molar-refractivity contribution < 1.29 is 37.0 Å². The van der Waals surface area contributed by atoms with E-state index in [1.54, 1.807) is 10.8 Å². The first-order valence-corrected chi connectivity index (χ1v) is 12.4. The first-order chi connectivity index (χ1) is 18.5. The van der Waals surface area contributed by atoms with Crippen molar-refractivity contribution in [2.45, 2.75) is 44.7 Å². The molecule has 2 aromatic rings. The van der Waals surface area contributed by atoms with Crippen molar-refractivity contribution in [2.24, 2.45) is 0 Å². The van der Waals surface area contributed by atoms with E-state index in [1.807, 2.05) is 24.3 Å². The summed E-state index contributed by atoms with van der Waals surface area (Å²) in [6.07, 6.45) is -5.45. The Labute approximate surface area is 223 Å². The second kappa shape index (κ2) is 11.4. The highest BCUT2D eigenvalue weighted by atomic mass is 19.4. The van der Waals surface area contributed by atoms with Gasteiger partial charge in [-0.05, 0) is 61.1 Å². The number of anilines is 2. The maximum Gasteiger partial charge on any atom is 0.418 e. The molecule has 12 heteroatoms. The fourth-order valence-electron chi connectivity index (χ4n) is 4.92. The minimum atomic E-state index is -4.75. The van der Waals surface area contributed by atoms with E-state index in [4.69, 9.17) is 15.2 Å². The number of rotatable bonds is 5. The molecule has 1 atom stereocenters. The zero-order valence-electron chi connectivity index (χ0n) is 21.5. The highest BCUT2D eigenvalue weighted by Crippen LogP contribution is 2.37. The minimum absolute atomic E-state index is 0.0921. The molecule has 3 amide bonds. The molecule has 208 valence electrons. The van der Waals surface area contributed by atoms with Gasteiger partial charge < -0.3 is 30.3 Å². The summed E-state index contributed by atoms with van der Waals surface area (Å²) in [7, 11) is 1.16. The first kappa shape index (κ1) is 28.0. The van der Waals surface area contributed by atoms with Crippen LogP contribution in [0.3, 0.4) is 0 Å². The zero-order chi connectivity index (χ0) is 28.3. The van der Waals surface area contributed by atoms with Crippen LogP contribution in [0.25, 0.3) is 5.57 Å². The fourth-order valence-corrected chi connectivity index (χ4v) is 4.92. The van der Waals surface area contributed by atoms with Crippen molar-refractivity contribution in [1.29, 1.82) is 0 Å². The summed E-state index contributed by atoms with van der Waals surface area (Å²) >= 11 is 0. The van der Waals surface area contributed by atoms with Crippen LogP contribution in [0.4, 0.5) is 34.1 Å². The van der Waals surface area contributed by atoms with Crippen LogP contribution in [-0.4, -0.2) is 66.9 Å². The molecule has 2 aliphatic heterocycles. The molecular formula is C27H29F3N4O5. The largest absolute Gasteiger partial charge is 0.418 e. The van der Waals surface area contributed by atoms with Gasteiger partial charge in [0.2, 0.25) is 6.29 Å². The van der Waals surface area contributed by atoms with Gasteiger partial charge in [-0.2, -0.15) is 13.2 Å². The Kier molecular flexibility index (Phi) is 8.17. The number of carbonyl (C=O) groups excluding carboxylic acids is 3. The highest BCUT2D eigenvalue weighted by Gasteiger charge is 2.36. The molecule has 39 heavy (non-hydrogen) atoms. The summed E-state index contributed by atoms with van der Waals surface area (Å²) < 4.78 is 50.9. The monoisotopic (exact) mass is 546 g/mol. The standard InChI is InChI=1S/C27H29F3N4O5/c1-16-13-18(14-21(23(16)31)27(28,29)30)20(15-35)24(38-2)39-26(37)33-10-8-19(9-11-33)34-12-7-17-5-3-4-6-22(17)32-25(34)36/h3-6,13-14,19,24H,7-12,31H2,1-2H3,(H,32,36)/t24-/m1/s1. The van der Waals surface area contributed by atoms with Crippen LogP contribution in [0.5, 0.6) is 0 Å². The third-order valence-electron chi connectivity index (χ3n) is 7.08. The summed E-state index contributed by atoms with van der Waals surface area (Å²) in [5, 5.41) is 2.94. The van der Waals surface area contributed by atoms with E-state index in [1.165, 1.54) is 17.9 Å². The van der Waals surface area contributed by atoms with Crippen LogP contribution in [0.15, 0.2) is 36.4 Å². The molecule has 9 nitrogen and oxygen atoms in total. The molecule has 0 bridgehead atoms. The number of hydrogen-bond acceptors (Lipinski definition) is 6. The number of hydrogen-bond donors (Lipinski definition) is 2. The number of methoxy groups -OCH3 is 1. The summed E-state index contributed by atoms with van der Waals surface area (Å²) in [5.74, 6) is 1.56. The quantitative estimate of drug-likeness (QED) is 0.325. The van der Waals surface area contributed by atoms with Crippen LogP contribution in [0.2, 0.25) is 0 Å². The molecule has 2 heterocycles. The average Bonchev–Trinajstić information content (AvgIpc) is 3.07. The van der Waals surface area contributed by atoms with Gasteiger partial charge in [-0.1, -0.05) is 18.2 Å². The van der Waals surface area contributed by atoms with Crippen LogP contribution in [0, 0.1) is 6.92 Å². The number of ether oxygens (including phenoxy) is 2. The molecule has 0 saturated carbocycles. The molecule has 0 aromatic heterocycles. The molecule has 0 unspecified atom stereocenters. The molecule has 0 spiro atoms. The van der Waals surface area contributed by atoms with Crippen molar-refractivity contribution in [3.05, 3.63) is 58.7 Å². The number of aryl methyl sites for hydroxylation is 1. The summed E-state index contributed by atoms with van der Waals surface area (Å²) in [6.45, 7) is 2.46. The number of nitrogens with one attached hydrogen (secondary N) is 1. The maximum atomic E-state index is 13.5. The zero-order valence-corrected chi connectivity index (χ0v) is 21.5. The molecule has 1 saturated heterocycles. The van der Waals surface area contributed by atoms with E-state index in [-0.39, 0.29) is 36.3 Å². The predicted molar refractivity (Wildman–Crippen MR) is 137 cm³/mol. The van der Waals surface area contributed by atoms with Gasteiger partial charge >= 0.3 is 18.3 Å². The number of nitrogens with two attached hydrogens (primary N) is 1. The summed E-state index contributed by atoms with van der Waals surface area (Å²) in [5.41, 5.74) is 5.36. The number of fused-ring (bicyclic) bond motifs is 1. The number of para-hydroxylation sites is 1. The lowest BCUT2D eigenvalue weighted by Gasteiger charge is -2.37. The Balaban J connectivity index is 1.40. The SMILES string of the molecule is CO[C@H](OC(=O)N1CCC(N2CCc3ccccc3NC2=O)CC1)C(=C=O)c1cc(C)c(N)c(C(F)(F)F)c1. The number of likely N-dealkylation sites (tertiary alicyclic amines) is 1. The van der Waals surface area contributed by atoms with E-state index < -0.39 is 35.4 Å². The van der Waals surface area contributed by atoms with Crippen molar-refractivity contribution >= 4 is 35.0 Å². The maximum absolute atomic E-state index is 13.5. The van der Waals surface area contributed by atoms with Gasteiger partial charge in [-0.25, -0.2) is 14.4 Å². The van der Waals surface area contributed by atoms with Crippen LogP contribution >= 0.6 is 0 Å². The Morgan fingerprint density at radius 1 is 1.18 bits per heavy atom. The third-order valence-corrected chi connectivity index (χ3v) is 7.08. The summed E-state index contributed by atoms with van der Waals surface area (Å²) in [4.78, 5) is 40.7. The molecule has 4 rings (SSSR count). The number of nitrogen functional groups attached to an aromatic ring is 1. The second-order valence-electron chi connectivity index (χ2n) is 9.47. The van der Waals surface area contributed by atoms with Gasteiger partial charge in [0.05, 0.1) is 5.56 Å². The minimum Gasteiger partial charge on any atom is -0.414 e. The third kappa shape index (κ3) is 6.02. The first-order valence-electron chi connectivity index (χ1n) is 12.4. The number of urea groups is 1. The van der Waals surface area contributed by atoms with Gasteiger partial charge in [0.25, 0.3) is 0 Å². The topological polar surface area (TPSA) is 114 Å². The smallest absolute Gasteiger partial charge is 0.414 e.